The molecule has 2 aromatic carbocycles. The zero-order chi connectivity index (χ0) is 22.7. The average molecular weight is 648 g/mol. The van der Waals surface area contributed by atoms with Crippen LogP contribution in [0.3, 0.4) is 0 Å². The van der Waals surface area contributed by atoms with Crippen LogP contribution in [0.25, 0.3) is 0 Å². The lowest BCUT2D eigenvalue weighted by atomic mass is 10.3. The maximum Gasteiger partial charge on any atom is 0.0809 e. The van der Waals surface area contributed by atoms with Crippen LogP contribution in [0.15, 0.2) is 9.79 Å². The van der Waals surface area contributed by atoms with Crippen molar-refractivity contribution in [3.8, 4) is 0 Å². The molecule has 0 atom stereocenters. The minimum atomic E-state index is 0.0882. The van der Waals surface area contributed by atoms with Gasteiger partial charge in [-0.2, -0.15) is 3.71 Å². The number of rotatable bonds is 8. The topological polar surface area (TPSA) is 3.24 Å². The Balaban J connectivity index is 2.47. The van der Waals surface area contributed by atoms with E-state index in [9.17, 15) is 0 Å². The molecule has 0 aliphatic rings. The summed E-state index contributed by atoms with van der Waals surface area (Å²) in [5.74, 6) is 0. The van der Waals surface area contributed by atoms with Crippen LogP contribution in [0.1, 0.15) is 26.2 Å². The van der Waals surface area contributed by atoms with Crippen molar-refractivity contribution in [2.45, 2.75) is 36.0 Å². The molecule has 13 heteroatoms. The van der Waals surface area contributed by atoms with Gasteiger partial charge in [-0.3, -0.25) is 0 Å². The third kappa shape index (κ3) is 6.36. The summed E-state index contributed by atoms with van der Waals surface area (Å²) < 4.78 is 1.89. The van der Waals surface area contributed by atoms with Crippen molar-refractivity contribution in [1.29, 1.82) is 0 Å². The molecule has 30 heavy (non-hydrogen) atoms. The quantitative estimate of drug-likeness (QED) is 0.121. The largest absolute Gasteiger partial charge is 0.186 e. The van der Waals surface area contributed by atoms with Gasteiger partial charge in [0.05, 0.1) is 60.0 Å². The molecule has 166 valence electrons. The third-order valence-electron chi connectivity index (χ3n) is 3.67. The first kappa shape index (κ1) is 28.2. The second-order valence-corrected chi connectivity index (χ2v) is 11.8. The van der Waals surface area contributed by atoms with E-state index in [0.29, 0.717) is 16.3 Å². The summed E-state index contributed by atoms with van der Waals surface area (Å²) in [5.41, 5.74) is 0. The van der Waals surface area contributed by atoms with Gasteiger partial charge in [0, 0.05) is 6.54 Å². The lowest BCUT2D eigenvalue weighted by Gasteiger charge is -2.23. The lowest BCUT2D eigenvalue weighted by Crippen LogP contribution is -2.09. The number of hydrogen-bond donors (Lipinski definition) is 0. The van der Waals surface area contributed by atoms with Gasteiger partial charge < -0.3 is 0 Å². The summed E-state index contributed by atoms with van der Waals surface area (Å²) in [6.07, 6.45) is 2.92. The van der Waals surface area contributed by atoms with Gasteiger partial charge >= 0.3 is 0 Å². The summed E-state index contributed by atoms with van der Waals surface area (Å²) in [6, 6.07) is 0. The Morgan fingerprint density at radius 1 is 0.500 bits per heavy atom. The fourth-order valence-electron chi connectivity index (χ4n) is 2.13. The van der Waals surface area contributed by atoms with Gasteiger partial charge in [-0.05, 0) is 30.3 Å². The van der Waals surface area contributed by atoms with E-state index in [1.54, 1.807) is 0 Å². The normalized spacial score (nSPS) is 11.6. The second-order valence-electron chi connectivity index (χ2n) is 5.74. The van der Waals surface area contributed by atoms with Crippen LogP contribution in [0.2, 0.25) is 50.2 Å². The Hall–Kier alpha value is 2.00. The summed E-state index contributed by atoms with van der Waals surface area (Å²) >= 11 is 65.0. The summed E-state index contributed by atoms with van der Waals surface area (Å²) in [7, 11) is 0. The van der Waals surface area contributed by atoms with Crippen molar-refractivity contribution in [2.75, 3.05) is 6.54 Å². The molecule has 2 rings (SSSR count). The Kier molecular flexibility index (Phi) is 11.9. The molecule has 0 N–H and O–H groups in total. The van der Waals surface area contributed by atoms with E-state index in [2.05, 4.69) is 6.92 Å². The van der Waals surface area contributed by atoms with Crippen molar-refractivity contribution >= 4 is 140 Å². The molecule has 1 nitrogen and oxygen atoms in total. The highest BCUT2D eigenvalue weighted by atomic mass is 35.5. The molecule has 0 aliphatic heterocycles. The van der Waals surface area contributed by atoms with E-state index in [4.69, 9.17) is 116 Å². The van der Waals surface area contributed by atoms with Crippen molar-refractivity contribution in [3.05, 3.63) is 50.2 Å². The van der Waals surface area contributed by atoms with Gasteiger partial charge in [0.1, 0.15) is 0 Å². The first-order valence-corrected chi connectivity index (χ1v) is 13.5. The van der Waals surface area contributed by atoms with Crippen molar-refractivity contribution in [1.82, 2.24) is 3.71 Å². The van der Waals surface area contributed by atoms with Gasteiger partial charge in [-0.15, -0.1) is 0 Å². The Labute approximate surface area is 234 Å². The molecular formula is C17H11Cl10NS2. The maximum absolute atomic E-state index is 6.39. The van der Waals surface area contributed by atoms with Gasteiger partial charge in [-0.1, -0.05) is 136 Å². The molecule has 0 aromatic heterocycles. The van der Waals surface area contributed by atoms with E-state index in [1.807, 2.05) is 3.71 Å². The first-order chi connectivity index (χ1) is 14.0. The minimum absolute atomic E-state index is 0.0882. The molecule has 0 saturated heterocycles. The zero-order valence-corrected chi connectivity index (χ0v) is 24.1. The molecule has 0 aliphatic carbocycles. The van der Waals surface area contributed by atoms with E-state index in [1.165, 1.54) is 23.9 Å². The molecule has 0 unspecified atom stereocenters. The number of halogens is 10. The predicted molar refractivity (Wildman–Crippen MR) is 141 cm³/mol. The molecule has 0 spiro atoms. The molecule has 0 amide bonds. The predicted octanol–water partition coefficient (Wildman–Crippen LogP) is 12.4. The number of unbranched alkanes of at least 4 members (excludes halogenated alkanes) is 2. The Morgan fingerprint density at radius 2 is 0.800 bits per heavy atom. The first-order valence-electron chi connectivity index (χ1n) is 8.19. The highest BCUT2D eigenvalue weighted by Gasteiger charge is 2.26. The lowest BCUT2D eigenvalue weighted by molar-refractivity contribution is 0.628. The molecule has 0 bridgehead atoms. The van der Waals surface area contributed by atoms with Crippen LogP contribution in [0.5, 0.6) is 0 Å². The SMILES string of the molecule is CCCCCN(Sc1c(Cl)c(Cl)c(Cl)c(Cl)c1Cl)Sc1c(Cl)c(Cl)c(Cl)c(Cl)c1Cl. The number of benzene rings is 2. The summed E-state index contributed by atoms with van der Waals surface area (Å²) in [5, 5.41) is 1.38. The highest BCUT2D eigenvalue weighted by Crippen LogP contribution is 2.53. The molecule has 2 aromatic rings. The van der Waals surface area contributed by atoms with Crippen LogP contribution in [-0.2, 0) is 0 Å². The fraction of sp³-hybridized carbons (Fsp3) is 0.294. The van der Waals surface area contributed by atoms with E-state index in [0.717, 1.165) is 19.3 Å². The molecule has 0 fully saturated rings. The van der Waals surface area contributed by atoms with Gasteiger partial charge in [0.15, 0.2) is 0 Å². The van der Waals surface area contributed by atoms with Crippen molar-refractivity contribution < 1.29 is 0 Å². The summed E-state index contributed by atoms with van der Waals surface area (Å²) in [6.45, 7) is 2.72. The van der Waals surface area contributed by atoms with Crippen LogP contribution in [0.4, 0.5) is 0 Å². The fourth-order valence-corrected chi connectivity index (χ4v) is 7.22. The van der Waals surface area contributed by atoms with Crippen LogP contribution >= 0.6 is 140 Å². The van der Waals surface area contributed by atoms with E-state index < -0.39 is 0 Å². The highest BCUT2D eigenvalue weighted by molar-refractivity contribution is 8.12. The zero-order valence-electron chi connectivity index (χ0n) is 14.9. The number of hydrogen-bond acceptors (Lipinski definition) is 3. The average Bonchev–Trinajstić information content (AvgIpc) is 2.73. The molecule has 0 saturated carbocycles. The standard InChI is InChI=1S/C17H11Cl10NS2/c1-2-3-4-5-28(29-16-12(24)8(20)6(18)9(21)13(16)25)30-17-14(26)10(22)7(19)11(23)15(17)27/h2-5H2,1H3. The smallest absolute Gasteiger partial charge is 0.0809 e. The van der Waals surface area contributed by atoms with Gasteiger partial charge in [-0.25, -0.2) is 0 Å². The van der Waals surface area contributed by atoms with Crippen LogP contribution in [-0.4, -0.2) is 10.3 Å². The van der Waals surface area contributed by atoms with E-state index >= 15 is 0 Å². The third-order valence-corrected chi connectivity index (χ3v) is 11.1. The minimum Gasteiger partial charge on any atom is -0.186 e. The Morgan fingerprint density at radius 3 is 1.10 bits per heavy atom. The second kappa shape index (κ2) is 12.6. The van der Waals surface area contributed by atoms with Gasteiger partial charge in [0.2, 0.25) is 0 Å². The monoisotopic (exact) mass is 643 g/mol. The van der Waals surface area contributed by atoms with Crippen molar-refractivity contribution in [2.24, 2.45) is 0 Å². The van der Waals surface area contributed by atoms with Crippen LogP contribution < -0.4 is 0 Å². The molecular weight excluding hydrogens is 637 g/mol. The van der Waals surface area contributed by atoms with Gasteiger partial charge in [0.25, 0.3) is 0 Å². The molecule has 0 heterocycles. The van der Waals surface area contributed by atoms with Crippen molar-refractivity contribution in [3.63, 3.8) is 0 Å². The Bertz CT molecular complexity index is 824. The molecule has 0 radical (unpaired) electrons. The van der Waals surface area contributed by atoms with E-state index in [-0.39, 0.29) is 50.2 Å². The maximum atomic E-state index is 6.39. The summed E-state index contributed by atoms with van der Waals surface area (Å²) in [4.78, 5) is 0.889. The number of nitrogens with zero attached hydrogens (tertiary/aromatic N) is 1. The van der Waals surface area contributed by atoms with Crippen LogP contribution in [0, 0.1) is 0 Å².